The van der Waals surface area contributed by atoms with Crippen LogP contribution in [0.5, 0.6) is 0 Å². The quantitative estimate of drug-likeness (QED) is 0.769. The van der Waals surface area contributed by atoms with Gasteiger partial charge in [0, 0.05) is 6.61 Å². The van der Waals surface area contributed by atoms with E-state index < -0.39 is 12.8 Å². The molecule has 6 heteroatoms. The van der Waals surface area contributed by atoms with E-state index in [-0.39, 0.29) is 12.6 Å². The summed E-state index contributed by atoms with van der Waals surface area (Å²) < 4.78 is 45.7. The molecule has 0 saturated heterocycles. The Hall–Kier alpha value is -1.01. The predicted molar refractivity (Wildman–Crippen MR) is 61.4 cm³/mol. The van der Waals surface area contributed by atoms with E-state index in [0.29, 0.717) is 13.0 Å². The van der Waals surface area contributed by atoms with Crippen molar-refractivity contribution in [2.45, 2.75) is 32.5 Å². The van der Waals surface area contributed by atoms with Crippen molar-refractivity contribution in [1.82, 2.24) is 5.32 Å². The SMILES string of the molecule is CCNC(CCOCC(F)(F)F)c1ccc(C)o1. The molecule has 0 spiro atoms. The second kappa shape index (κ2) is 6.80. The molecule has 1 unspecified atom stereocenters. The molecular weight excluding hydrogens is 247 g/mol. The van der Waals surface area contributed by atoms with Gasteiger partial charge in [-0.1, -0.05) is 6.92 Å². The Morgan fingerprint density at radius 2 is 2.11 bits per heavy atom. The number of alkyl halides is 3. The molecule has 1 N–H and O–H groups in total. The fraction of sp³-hybridized carbons (Fsp3) is 0.667. The molecule has 3 nitrogen and oxygen atoms in total. The molecular formula is C12H18F3NO2. The highest BCUT2D eigenvalue weighted by molar-refractivity contribution is 5.09. The van der Waals surface area contributed by atoms with Gasteiger partial charge in [0.05, 0.1) is 6.04 Å². The monoisotopic (exact) mass is 265 g/mol. The van der Waals surface area contributed by atoms with Crippen molar-refractivity contribution in [2.24, 2.45) is 0 Å². The van der Waals surface area contributed by atoms with Crippen LogP contribution in [0.3, 0.4) is 0 Å². The molecule has 0 aliphatic carbocycles. The molecule has 104 valence electrons. The summed E-state index contributed by atoms with van der Waals surface area (Å²) in [7, 11) is 0. The van der Waals surface area contributed by atoms with Gasteiger partial charge in [0.25, 0.3) is 0 Å². The van der Waals surface area contributed by atoms with Crippen LogP contribution in [0.4, 0.5) is 13.2 Å². The molecule has 18 heavy (non-hydrogen) atoms. The minimum atomic E-state index is -4.27. The van der Waals surface area contributed by atoms with Gasteiger partial charge in [0.1, 0.15) is 18.1 Å². The van der Waals surface area contributed by atoms with Crippen LogP contribution in [-0.2, 0) is 4.74 Å². The zero-order valence-corrected chi connectivity index (χ0v) is 10.5. The van der Waals surface area contributed by atoms with E-state index in [1.165, 1.54) is 0 Å². The van der Waals surface area contributed by atoms with E-state index >= 15 is 0 Å². The Morgan fingerprint density at radius 3 is 2.61 bits per heavy atom. The number of hydrogen-bond donors (Lipinski definition) is 1. The standard InChI is InChI=1S/C12H18F3NO2/c1-3-16-10(11-5-4-9(2)18-11)6-7-17-8-12(13,14)15/h4-5,10,16H,3,6-8H2,1-2H3. The number of aryl methyl sites for hydroxylation is 1. The molecule has 1 atom stereocenters. The van der Waals surface area contributed by atoms with Gasteiger partial charge >= 0.3 is 6.18 Å². The zero-order chi connectivity index (χ0) is 13.6. The van der Waals surface area contributed by atoms with Gasteiger partial charge in [-0.05, 0) is 32.0 Å². The maximum absolute atomic E-state index is 11.9. The summed E-state index contributed by atoms with van der Waals surface area (Å²) >= 11 is 0. The Labute approximate surface area is 104 Å². The average molecular weight is 265 g/mol. The molecule has 0 saturated carbocycles. The van der Waals surface area contributed by atoms with Crippen LogP contribution in [0.1, 0.15) is 30.9 Å². The average Bonchev–Trinajstić information content (AvgIpc) is 2.68. The van der Waals surface area contributed by atoms with Crippen LogP contribution < -0.4 is 5.32 Å². The number of hydrogen-bond acceptors (Lipinski definition) is 3. The molecule has 0 bridgehead atoms. The molecule has 0 radical (unpaired) electrons. The highest BCUT2D eigenvalue weighted by Crippen LogP contribution is 2.20. The summed E-state index contributed by atoms with van der Waals surface area (Å²) in [4.78, 5) is 0. The fourth-order valence-corrected chi connectivity index (χ4v) is 1.62. The van der Waals surface area contributed by atoms with Crippen LogP contribution >= 0.6 is 0 Å². The molecule has 1 rings (SSSR count). The predicted octanol–water partition coefficient (Wildman–Crippen LogP) is 3.21. The molecule has 0 aliphatic heterocycles. The molecule has 0 fully saturated rings. The number of halogens is 3. The van der Waals surface area contributed by atoms with E-state index in [1.54, 1.807) is 0 Å². The third-order valence-corrected chi connectivity index (χ3v) is 2.37. The maximum Gasteiger partial charge on any atom is 0.411 e. The highest BCUT2D eigenvalue weighted by atomic mass is 19.4. The third-order valence-electron chi connectivity index (χ3n) is 2.37. The van der Waals surface area contributed by atoms with Crippen molar-refractivity contribution in [2.75, 3.05) is 19.8 Å². The first-order valence-electron chi connectivity index (χ1n) is 5.86. The van der Waals surface area contributed by atoms with Gasteiger partial charge in [-0.3, -0.25) is 0 Å². The fourth-order valence-electron chi connectivity index (χ4n) is 1.62. The molecule has 0 aliphatic rings. The number of rotatable bonds is 7. The second-order valence-corrected chi connectivity index (χ2v) is 4.02. The summed E-state index contributed by atoms with van der Waals surface area (Å²) in [6.45, 7) is 3.30. The normalized spacial score (nSPS) is 13.8. The zero-order valence-electron chi connectivity index (χ0n) is 10.5. The van der Waals surface area contributed by atoms with Crippen molar-refractivity contribution < 1.29 is 22.3 Å². The van der Waals surface area contributed by atoms with Crippen LogP contribution in [-0.4, -0.2) is 25.9 Å². The van der Waals surface area contributed by atoms with Gasteiger partial charge in [0.2, 0.25) is 0 Å². The first-order valence-corrected chi connectivity index (χ1v) is 5.86. The topological polar surface area (TPSA) is 34.4 Å². The van der Waals surface area contributed by atoms with E-state index in [2.05, 4.69) is 10.1 Å². The second-order valence-electron chi connectivity index (χ2n) is 4.02. The lowest BCUT2D eigenvalue weighted by Crippen LogP contribution is -2.23. The van der Waals surface area contributed by atoms with Crippen LogP contribution in [0.2, 0.25) is 0 Å². The minimum absolute atomic E-state index is 0.0386. The first kappa shape index (κ1) is 15.0. The van der Waals surface area contributed by atoms with E-state index in [1.807, 2.05) is 26.0 Å². The number of furan rings is 1. The van der Waals surface area contributed by atoms with Crippen LogP contribution in [0, 0.1) is 6.92 Å². The maximum atomic E-state index is 11.9. The lowest BCUT2D eigenvalue weighted by Gasteiger charge is -2.16. The van der Waals surface area contributed by atoms with Crippen molar-refractivity contribution in [3.8, 4) is 0 Å². The molecule has 1 heterocycles. The smallest absolute Gasteiger partial charge is 0.411 e. The first-order chi connectivity index (χ1) is 8.42. The molecule has 0 amide bonds. The van der Waals surface area contributed by atoms with Gasteiger partial charge in [-0.15, -0.1) is 0 Å². The van der Waals surface area contributed by atoms with E-state index in [0.717, 1.165) is 11.5 Å². The molecule has 1 aromatic heterocycles. The summed E-state index contributed by atoms with van der Waals surface area (Å²) in [5, 5.41) is 3.15. The van der Waals surface area contributed by atoms with Crippen molar-refractivity contribution >= 4 is 0 Å². The van der Waals surface area contributed by atoms with E-state index in [4.69, 9.17) is 4.42 Å². The Morgan fingerprint density at radius 1 is 1.39 bits per heavy atom. The summed E-state index contributed by atoms with van der Waals surface area (Å²) in [6, 6.07) is 3.54. The lowest BCUT2D eigenvalue weighted by atomic mass is 10.1. The largest absolute Gasteiger partial charge is 0.465 e. The Bertz CT molecular complexity index is 349. The van der Waals surface area contributed by atoms with Crippen molar-refractivity contribution in [1.29, 1.82) is 0 Å². The van der Waals surface area contributed by atoms with Crippen molar-refractivity contribution in [3.05, 3.63) is 23.7 Å². The van der Waals surface area contributed by atoms with Gasteiger partial charge < -0.3 is 14.5 Å². The summed E-state index contributed by atoms with van der Waals surface area (Å²) in [6.07, 6.45) is -3.83. The molecule has 0 aromatic carbocycles. The third kappa shape index (κ3) is 5.55. The summed E-state index contributed by atoms with van der Waals surface area (Å²) in [5.41, 5.74) is 0. The van der Waals surface area contributed by atoms with Crippen molar-refractivity contribution in [3.63, 3.8) is 0 Å². The number of nitrogens with one attached hydrogen (secondary N) is 1. The van der Waals surface area contributed by atoms with E-state index in [9.17, 15) is 13.2 Å². The summed E-state index contributed by atoms with van der Waals surface area (Å²) in [5.74, 6) is 1.51. The molecule has 1 aromatic rings. The Kier molecular flexibility index (Phi) is 5.68. The Balaban J connectivity index is 2.39. The van der Waals surface area contributed by atoms with Gasteiger partial charge in [-0.2, -0.15) is 13.2 Å². The minimum Gasteiger partial charge on any atom is -0.465 e. The van der Waals surface area contributed by atoms with Crippen LogP contribution in [0.15, 0.2) is 16.5 Å². The van der Waals surface area contributed by atoms with Gasteiger partial charge in [0.15, 0.2) is 0 Å². The lowest BCUT2D eigenvalue weighted by molar-refractivity contribution is -0.174. The highest BCUT2D eigenvalue weighted by Gasteiger charge is 2.27. The van der Waals surface area contributed by atoms with Crippen LogP contribution in [0.25, 0.3) is 0 Å². The van der Waals surface area contributed by atoms with Gasteiger partial charge in [-0.25, -0.2) is 0 Å². The number of ether oxygens (including phenoxy) is 1.